The number of rotatable bonds is 5. The normalized spacial score (nSPS) is 11.8. The second-order valence-corrected chi connectivity index (χ2v) is 4.40. The molecule has 0 heterocycles. The van der Waals surface area contributed by atoms with Crippen LogP contribution in [0.1, 0.15) is 31.1 Å². The number of nitrogens with zero attached hydrogens (tertiary/aromatic N) is 1. The van der Waals surface area contributed by atoms with Gasteiger partial charge in [-0.2, -0.15) is 0 Å². The Morgan fingerprint density at radius 1 is 1.25 bits per heavy atom. The Hall–Kier alpha value is -2.24. The van der Waals surface area contributed by atoms with Crippen molar-refractivity contribution >= 4 is 23.3 Å². The molecule has 1 aromatic rings. The lowest BCUT2D eigenvalue weighted by Crippen LogP contribution is -2.39. The molecule has 20 heavy (non-hydrogen) atoms. The van der Waals surface area contributed by atoms with Crippen molar-refractivity contribution in [2.45, 2.75) is 26.9 Å². The largest absolute Gasteiger partial charge is 0.449 e. The summed E-state index contributed by atoms with van der Waals surface area (Å²) in [5.74, 6) is -0.854. The summed E-state index contributed by atoms with van der Waals surface area (Å²) in [5, 5.41) is 0. The van der Waals surface area contributed by atoms with E-state index in [-0.39, 0.29) is 17.2 Å². The smallest absolute Gasteiger partial charge is 0.341 e. The van der Waals surface area contributed by atoms with E-state index in [9.17, 15) is 9.59 Å². The van der Waals surface area contributed by atoms with Gasteiger partial charge in [-0.15, -0.1) is 0 Å². The third-order valence-electron chi connectivity index (χ3n) is 3.00. The predicted octanol–water partition coefficient (Wildman–Crippen LogP) is 1.26. The molecule has 0 fully saturated rings. The van der Waals surface area contributed by atoms with Gasteiger partial charge in [0.2, 0.25) is 0 Å². The molecule has 4 N–H and O–H groups in total. The Balaban J connectivity index is 2.77. The molecule has 0 aliphatic rings. The first-order valence-corrected chi connectivity index (χ1v) is 6.55. The van der Waals surface area contributed by atoms with Crippen molar-refractivity contribution in [1.82, 2.24) is 4.90 Å². The Kier molecular flexibility index (Phi) is 5.37. The van der Waals surface area contributed by atoms with E-state index in [1.807, 2.05) is 13.8 Å². The van der Waals surface area contributed by atoms with Crippen LogP contribution in [0.2, 0.25) is 0 Å². The van der Waals surface area contributed by atoms with E-state index in [4.69, 9.17) is 16.2 Å². The Bertz CT molecular complexity index is 498. The van der Waals surface area contributed by atoms with Crippen LogP contribution in [0.5, 0.6) is 0 Å². The molecule has 1 aromatic carbocycles. The maximum Gasteiger partial charge on any atom is 0.341 e. The van der Waals surface area contributed by atoms with Crippen molar-refractivity contribution in [2.24, 2.45) is 0 Å². The van der Waals surface area contributed by atoms with Crippen LogP contribution in [0.4, 0.5) is 11.4 Å². The minimum absolute atomic E-state index is 0.207. The van der Waals surface area contributed by atoms with Gasteiger partial charge >= 0.3 is 5.97 Å². The monoisotopic (exact) mass is 279 g/mol. The first-order valence-electron chi connectivity index (χ1n) is 6.55. The Labute approximate surface area is 118 Å². The number of anilines is 2. The van der Waals surface area contributed by atoms with Gasteiger partial charge in [0, 0.05) is 24.5 Å². The standard InChI is InChI=1S/C14H21N3O3/c1-4-17(5-2)13(18)9(3)20-14(19)11-7-6-10(15)8-12(11)16/h6-9H,4-5,15-16H2,1-3H3. The number of nitrogen functional groups attached to an aromatic ring is 2. The van der Waals surface area contributed by atoms with E-state index in [0.717, 1.165) is 0 Å². The molecule has 1 rings (SSSR count). The van der Waals surface area contributed by atoms with Crippen LogP contribution >= 0.6 is 0 Å². The predicted molar refractivity (Wildman–Crippen MR) is 78.1 cm³/mol. The molecule has 0 saturated carbocycles. The zero-order valence-corrected chi connectivity index (χ0v) is 12.1. The second kappa shape index (κ2) is 6.79. The fourth-order valence-corrected chi connectivity index (χ4v) is 1.83. The number of likely N-dealkylation sites (N-methyl/N-ethyl adjacent to an activating group) is 1. The number of nitrogens with two attached hydrogens (primary N) is 2. The van der Waals surface area contributed by atoms with Gasteiger partial charge in [-0.25, -0.2) is 4.79 Å². The van der Waals surface area contributed by atoms with Crippen LogP contribution in [0.3, 0.4) is 0 Å². The Morgan fingerprint density at radius 2 is 1.85 bits per heavy atom. The van der Waals surface area contributed by atoms with Gasteiger partial charge in [0.05, 0.1) is 5.56 Å². The number of carbonyl (C=O) groups excluding carboxylic acids is 2. The molecule has 0 aliphatic heterocycles. The Morgan fingerprint density at radius 3 is 2.35 bits per heavy atom. The molecule has 0 saturated heterocycles. The minimum Gasteiger partial charge on any atom is -0.449 e. The maximum absolute atomic E-state index is 12.0. The van der Waals surface area contributed by atoms with E-state index < -0.39 is 12.1 Å². The maximum atomic E-state index is 12.0. The lowest BCUT2D eigenvalue weighted by molar-refractivity contribution is -0.139. The highest BCUT2D eigenvalue weighted by atomic mass is 16.5. The molecule has 6 heteroatoms. The molecule has 6 nitrogen and oxygen atoms in total. The molecule has 0 radical (unpaired) electrons. The van der Waals surface area contributed by atoms with Gasteiger partial charge in [0.1, 0.15) is 0 Å². The van der Waals surface area contributed by atoms with Gasteiger partial charge < -0.3 is 21.1 Å². The number of hydrogen-bond acceptors (Lipinski definition) is 5. The van der Waals surface area contributed by atoms with E-state index in [1.165, 1.54) is 12.1 Å². The first kappa shape index (κ1) is 15.8. The third kappa shape index (κ3) is 3.63. The minimum atomic E-state index is -0.848. The van der Waals surface area contributed by atoms with Crippen LogP contribution < -0.4 is 11.5 Å². The summed E-state index contributed by atoms with van der Waals surface area (Å²) in [6, 6.07) is 4.53. The fourth-order valence-electron chi connectivity index (χ4n) is 1.83. The number of ether oxygens (including phenoxy) is 1. The molecule has 0 spiro atoms. The van der Waals surface area contributed by atoms with Crippen molar-refractivity contribution in [1.29, 1.82) is 0 Å². The van der Waals surface area contributed by atoms with Gasteiger partial charge in [-0.3, -0.25) is 4.79 Å². The van der Waals surface area contributed by atoms with E-state index >= 15 is 0 Å². The highest BCUT2D eigenvalue weighted by Crippen LogP contribution is 2.17. The van der Waals surface area contributed by atoms with Crippen molar-refractivity contribution < 1.29 is 14.3 Å². The molecule has 110 valence electrons. The SMILES string of the molecule is CCN(CC)C(=O)C(C)OC(=O)c1ccc(N)cc1N. The van der Waals surface area contributed by atoms with Gasteiger partial charge in [-0.05, 0) is 39.0 Å². The lowest BCUT2D eigenvalue weighted by atomic mass is 10.1. The van der Waals surface area contributed by atoms with Crippen LogP contribution in [-0.4, -0.2) is 36.0 Å². The zero-order valence-electron chi connectivity index (χ0n) is 12.1. The van der Waals surface area contributed by atoms with E-state index in [1.54, 1.807) is 17.9 Å². The summed E-state index contributed by atoms with van der Waals surface area (Å²) in [5.41, 5.74) is 12.2. The third-order valence-corrected chi connectivity index (χ3v) is 3.00. The molecule has 0 aliphatic carbocycles. The quantitative estimate of drug-likeness (QED) is 0.624. The second-order valence-electron chi connectivity index (χ2n) is 4.40. The highest BCUT2D eigenvalue weighted by molar-refractivity contribution is 5.97. The highest BCUT2D eigenvalue weighted by Gasteiger charge is 2.23. The number of benzene rings is 1. The molecular formula is C14H21N3O3. The summed E-state index contributed by atoms with van der Waals surface area (Å²) >= 11 is 0. The average molecular weight is 279 g/mol. The van der Waals surface area contributed by atoms with Gasteiger partial charge in [-0.1, -0.05) is 0 Å². The topological polar surface area (TPSA) is 98.6 Å². The number of hydrogen-bond donors (Lipinski definition) is 2. The first-order chi connectivity index (χ1) is 9.40. The molecule has 1 unspecified atom stereocenters. The average Bonchev–Trinajstić information content (AvgIpc) is 2.39. The van der Waals surface area contributed by atoms with Crippen molar-refractivity contribution in [3.63, 3.8) is 0 Å². The van der Waals surface area contributed by atoms with Crippen molar-refractivity contribution in [3.05, 3.63) is 23.8 Å². The number of carbonyl (C=O) groups is 2. The summed E-state index contributed by atoms with van der Waals surface area (Å²) in [4.78, 5) is 25.6. The van der Waals surface area contributed by atoms with Crippen molar-refractivity contribution in [3.8, 4) is 0 Å². The van der Waals surface area contributed by atoms with Gasteiger partial charge in [0.25, 0.3) is 5.91 Å². The summed E-state index contributed by atoms with van der Waals surface area (Å²) in [6.07, 6.45) is -0.848. The number of amides is 1. The van der Waals surface area contributed by atoms with Crippen LogP contribution in [-0.2, 0) is 9.53 Å². The molecule has 1 atom stereocenters. The number of esters is 1. The van der Waals surface area contributed by atoms with Gasteiger partial charge in [0.15, 0.2) is 6.10 Å². The van der Waals surface area contributed by atoms with E-state index in [0.29, 0.717) is 18.8 Å². The zero-order chi connectivity index (χ0) is 15.3. The molecule has 0 aromatic heterocycles. The summed E-state index contributed by atoms with van der Waals surface area (Å²) in [6.45, 7) is 6.43. The molecule has 1 amide bonds. The van der Waals surface area contributed by atoms with Crippen LogP contribution in [0.15, 0.2) is 18.2 Å². The molecular weight excluding hydrogens is 258 g/mol. The fraction of sp³-hybridized carbons (Fsp3) is 0.429. The van der Waals surface area contributed by atoms with Crippen LogP contribution in [0, 0.1) is 0 Å². The lowest BCUT2D eigenvalue weighted by Gasteiger charge is -2.22. The van der Waals surface area contributed by atoms with Crippen LogP contribution in [0.25, 0.3) is 0 Å². The summed E-state index contributed by atoms with van der Waals surface area (Å²) in [7, 11) is 0. The summed E-state index contributed by atoms with van der Waals surface area (Å²) < 4.78 is 5.15. The molecule has 0 bridgehead atoms. The van der Waals surface area contributed by atoms with E-state index in [2.05, 4.69) is 0 Å². The van der Waals surface area contributed by atoms with Crippen molar-refractivity contribution in [2.75, 3.05) is 24.6 Å².